The highest BCUT2D eigenvalue weighted by molar-refractivity contribution is 6.05. The van der Waals surface area contributed by atoms with E-state index in [1.54, 1.807) is 7.05 Å². The molecule has 0 N–H and O–H groups in total. The standard InChI is InChI=1S/C13H16N2O6/c1-14-5-4-13(11(14)16,12(17)20-2)10(7-15(18)19)9-3-6-21-8-9/h3,6,8,10H,4-5,7H2,1-2H3/t10-,13-/m0/s1. The number of hydrogen-bond donors (Lipinski definition) is 0. The Bertz CT molecular complexity index is 555. The van der Waals surface area contributed by atoms with Crippen molar-refractivity contribution in [2.24, 2.45) is 5.41 Å². The molecule has 0 bridgehead atoms. The van der Waals surface area contributed by atoms with E-state index in [4.69, 9.17) is 9.15 Å². The Morgan fingerprint density at radius 1 is 1.67 bits per heavy atom. The molecule has 8 heteroatoms. The van der Waals surface area contributed by atoms with E-state index in [0.717, 1.165) is 0 Å². The van der Waals surface area contributed by atoms with Crippen LogP contribution in [0.2, 0.25) is 0 Å². The molecule has 2 heterocycles. The summed E-state index contributed by atoms with van der Waals surface area (Å²) in [5, 5.41) is 11.0. The van der Waals surface area contributed by atoms with Crippen LogP contribution in [0.1, 0.15) is 17.9 Å². The van der Waals surface area contributed by atoms with Crippen molar-refractivity contribution in [2.45, 2.75) is 12.3 Å². The topological polar surface area (TPSA) is 103 Å². The maximum Gasteiger partial charge on any atom is 0.322 e. The highest BCUT2D eigenvalue weighted by atomic mass is 16.6. The zero-order chi connectivity index (χ0) is 15.6. The van der Waals surface area contributed by atoms with E-state index in [1.807, 2.05) is 0 Å². The van der Waals surface area contributed by atoms with Gasteiger partial charge in [-0.3, -0.25) is 19.7 Å². The van der Waals surface area contributed by atoms with Gasteiger partial charge in [0.25, 0.3) is 0 Å². The van der Waals surface area contributed by atoms with Crippen LogP contribution < -0.4 is 0 Å². The zero-order valence-corrected chi connectivity index (χ0v) is 11.8. The number of carbonyl (C=O) groups excluding carboxylic acids is 2. The van der Waals surface area contributed by atoms with Gasteiger partial charge in [0.2, 0.25) is 12.5 Å². The Labute approximate surface area is 120 Å². The third kappa shape index (κ3) is 2.37. The molecule has 1 aliphatic rings. The predicted molar refractivity (Wildman–Crippen MR) is 70.0 cm³/mol. The van der Waals surface area contributed by atoms with Crippen molar-refractivity contribution >= 4 is 11.9 Å². The lowest BCUT2D eigenvalue weighted by Gasteiger charge is -2.30. The fourth-order valence-electron chi connectivity index (χ4n) is 2.90. The van der Waals surface area contributed by atoms with Gasteiger partial charge in [0.05, 0.1) is 25.6 Å². The molecule has 0 saturated carbocycles. The summed E-state index contributed by atoms with van der Waals surface area (Å²) in [6.07, 6.45) is 2.86. The van der Waals surface area contributed by atoms with Crippen LogP contribution in [0, 0.1) is 15.5 Å². The highest BCUT2D eigenvalue weighted by Crippen LogP contribution is 2.45. The van der Waals surface area contributed by atoms with Crippen LogP contribution >= 0.6 is 0 Å². The number of amides is 1. The molecule has 0 spiro atoms. The third-order valence-corrected chi connectivity index (χ3v) is 3.99. The minimum Gasteiger partial charge on any atom is -0.472 e. The first kappa shape index (κ1) is 15.0. The van der Waals surface area contributed by atoms with E-state index in [9.17, 15) is 19.7 Å². The van der Waals surface area contributed by atoms with Gasteiger partial charge in [-0.05, 0) is 12.5 Å². The molecule has 0 aliphatic carbocycles. The largest absolute Gasteiger partial charge is 0.472 e. The summed E-state index contributed by atoms with van der Waals surface area (Å²) in [7, 11) is 2.74. The molecule has 1 aromatic rings. The highest BCUT2D eigenvalue weighted by Gasteiger charge is 2.60. The van der Waals surface area contributed by atoms with Crippen LogP contribution in [0.3, 0.4) is 0 Å². The van der Waals surface area contributed by atoms with E-state index in [-0.39, 0.29) is 6.42 Å². The number of esters is 1. The fraction of sp³-hybridized carbons (Fsp3) is 0.538. The van der Waals surface area contributed by atoms with Gasteiger partial charge in [0.15, 0.2) is 5.41 Å². The maximum absolute atomic E-state index is 12.5. The minimum atomic E-state index is -1.57. The second-order valence-electron chi connectivity index (χ2n) is 5.06. The summed E-state index contributed by atoms with van der Waals surface area (Å²) in [6, 6.07) is 1.53. The van der Waals surface area contributed by atoms with Crippen molar-refractivity contribution in [1.82, 2.24) is 4.90 Å². The summed E-state index contributed by atoms with van der Waals surface area (Å²) in [4.78, 5) is 36.7. The predicted octanol–water partition coefficient (Wildman–Crippen LogP) is 0.661. The summed E-state index contributed by atoms with van der Waals surface area (Å²) < 4.78 is 9.73. The molecular formula is C13H16N2O6. The molecule has 2 rings (SSSR count). The minimum absolute atomic E-state index is 0.179. The molecular weight excluding hydrogens is 280 g/mol. The maximum atomic E-state index is 12.5. The molecule has 0 radical (unpaired) electrons. The van der Waals surface area contributed by atoms with Crippen molar-refractivity contribution in [3.05, 3.63) is 34.3 Å². The smallest absolute Gasteiger partial charge is 0.322 e. The van der Waals surface area contributed by atoms with E-state index < -0.39 is 34.7 Å². The van der Waals surface area contributed by atoms with Crippen LogP contribution in [0.5, 0.6) is 0 Å². The van der Waals surface area contributed by atoms with E-state index in [1.165, 1.54) is 30.6 Å². The van der Waals surface area contributed by atoms with Crippen molar-refractivity contribution < 1.29 is 23.7 Å². The fourth-order valence-corrected chi connectivity index (χ4v) is 2.90. The molecule has 1 saturated heterocycles. The first-order valence-electron chi connectivity index (χ1n) is 6.41. The lowest BCUT2D eigenvalue weighted by atomic mass is 9.71. The van der Waals surface area contributed by atoms with Crippen LogP contribution in [0.4, 0.5) is 0 Å². The Hall–Kier alpha value is -2.38. The quantitative estimate of drug-likeness (QED) is 0.342. The number of nitrogens with zero attached hydrogens (tertiary/aromatic N) is 2. The molecule has 114 valence electrons. The van der Waals surface area contributed by atoms with Gasteiger partial charge < -0.3 is 14.1 Å². The van der Waals surface area contributed by atoms with Gasteiger partial charge in [-0.15, -0.1) is 0 Å². The second-order valence-corrected chi connectivity index (χ2v) is 5.06. The molecule has 1 aliphatic heterocycles. The molecule has 1 aromatic heterocycles. The summed E-state index contributed by atoms with van der Waals surface area (Å²) in [5.74, 6) is -2.12. The average Bonchev–Trinajstić information content (AvgIpc) is 3.07. The second kappa shape index (κ2) is 5.55. The normalized spacial score (nSPS) is 23.1. The Balaban J connectivity index is 2.53. The van der Waals surface area contributed by atoms with Gasteiger partial charge in [0, 0.05) is 24.1 Å². The zero-order valence-electron chi connectivity index (χ0n) is 11.8. The Kier molecular flexibility index (Phi) is 3.97. The van der Waals surface area contributed by atoms with Crippen molar-refractivity contribution in [3.8, 4) is 0 Å². The van der Waals surface area contributed by atoms with Crippen molar-refractivity contribution in [2.75, 3.05) is 27.2 Å². The number of rotatable bonds is 5. The molecule has 0 aromatic carbocycles. The van der Waals surface area contributed by atoms with Gasteiger partial charge >= 0.3 is 5.97 Å². The monoisotopic (exact) mass is 296 g/mol. The lowest BCUT2D eigenvalue weighted by Crippen LogP contribution is -2.47. The lowest BCUT2D eigenvalue weighted by molar-refractivity contribution is -0.485. The first-order chi connectivity index (χ1) is 9.93. The molecule has 1 fully saturated rings. The number of carbonyl (C=O) groups is 2. The van der Waals surface area contributed by atoms with E-state index in [2.05, 4.69) is 0 Å². The average molecular weight is 296 g/mol. The number of likely N-dealkylation sites (tertiary alicyclic amines) is 1. The van der Waals surface area contributed by atoms with Crippen LogP contribution in [0.15, 0.2) is 23.0 Å². The molecule has 21 heavy (non-hydrogen) atoms. The van der Waals surface area contributed by atoms with Gasteiger partial charge in [-0.2, -0.15) is 0 Å². The van der Waals surface area contributed by atoms with Crippen molar-refractivity contribution in [3.63, 3.8) is 0 Å². The summed E-state index contributed by atoms with van der Waals surface area (Å²) in [5.41, 5.74) is -1.12. The van der Waals surface area contributed by atoms with Gasteiger partial charge in [-0.25, -0.2) is 0 Å². The number of nitro groups is 1. The number of ether oxygens (including phenoxy) is 1. The van der Waals surface area contributed by atoms with Crippen LogP contribution in [-0.2, 0) is 14.3 Å². The summed E-state index contributed by atoms with van der Waals surface area (Å²) >= 11 is 0. The molecule has 1 amide bonds. The van der Waals surface area contributed by atoms with Crippen LogP contribution in [-0.4, -0.2) is 48.9 Å². The van der Waals surface area contributed by atoms with Gasteiger partial charge in [-0.1, -0.05) is 0 Å². The molecule has 2 atom stereocenters. The van der Waals surface area contributed by atoms with Crippen LogP contribution in [0.25, 0.3) is 0 Å². The number of methoxy groups -OCH3 is 1. The number of hydrogen-bond acceptors (Lipinski definition) is 6. The van der Waals surface area contributed by atoms with Gasteiger partial charge in [0.1, 0.15) is 0 Å². The summed E-state index contributed by atoms with van der Waals surface area (Å²) in [6.45, 7) is -0.200. The third-order valence-electron chi connectivity index (χ3n) is 3.99. The SMILES string of the molecule is COC(=O)[C@]1([C@@H](C[N+](=O)[O-])c2ccoc2)CCN(C)C1=O. The Morgan fingerprint density at radius 3 is 2.81 bits per heavy atom. The van der Waals surface area contributed by atoms with E-state index in [0.29, 0.717) is 12.1 Å². The molecule has 0 unspecified atom stereocenters. The Morgan fingerprint density at radius 2 is 2.38 bits per heavy atom. The molecule has 8 nitrogen and oxygen atoms in total. The number of furan rings is 1. The van der Waals surface area contributed by atoms with E-state index >= 15 is 0 Å². The first-order valence-corrected chi connectivity index (χ1v) is 6.41. The van der Waals surface area contributed by atoms with Crippen molar-refractivity contribution in [1.29, 1.82) is 0 Å².